The van der Waals surface area contributed by atoms with E-state index in [4.69, 9.17) is 11.1 Å². The molecule has 3 N–H and O–H groups in total. The zero-order valence-corrected chi connectivity index (χ0v) is 10.6. The quantitative estimate of drug-likeness (QED) is 0.621. The molecule has 3 nitrogen and oxygen atoms in total. The number of rotatable bonds is 3. The van der Waals surface area contributed by atoms with Gasteiger partial charge >= 0.3 is 0 Å². The van der Waals surface area contributed by atoms with Crippen molar-refractivity contribution in [2.24, 2.45) is 5.73 Å². The summed E-state index contributed by atoms with van der Waals surface area (Å²) in [6.07, 6.45) is 3.75. The van der Waals surface area contributed by atoms with Crippen LogP contribution in [0.5, 0.6) is 0 Å². The van der Waals surface area contributed by atoms with Gasteiger partial charge in [-0.15, -0.1) is 0 Å². The largest absolute Gasteiger partial charge is 0.384 e. The lowest BCUT2D eigenvalue weighted by Crippen LogP contribution is -2.34. The van der Waals surface area contributed by atoms with Crippen LogP contribution in [-0.2, 0) is 0 Å². The maximum absolute atomic E-state index is 7.39. The number of hydrogen-bond acceptors (Lipinski definition) is 2. The van der Waals surface area contributed by atoms with Crippen LogP contribution in [0.25, 0.3) is 0 Å². The number of nitrogens with two attached hydrogens (primary N) is 1. The fourth-order valence-corrected chi connectivity index (χ4v) is 2.75. The number of nitrogen functional groups attached to an aromatic ring is 1. The van der Waals surface area contributed by atoms with E-state index >= 15 is 0 Å². The van der Waals surface area contributed by atoms with Gasteiger partial charge in [0.15, 0.2) is 0 Å². The molecular formula is C14H21N3. The van der Waals surface area contributed by atoms with Crippen LogP contribution in [-0.4, -0.2) is 17.9 Å². The zero-order chi connectivity index (χ0) is 12.4. The van der Waals surface area contributed by atoms with Crippen molar-refractivity contribution in [3.05, 3.63) is 29.8 Å². The van der Waals surface area contributed by atoms with Crippen molar-refractivity contribution in [2.75, 3.05) is 4.90 Å². The fourth-order valence-electron chi connectivity index (χ4n) is 2.75. The van der Waals surface area contributed by atoms with E-state index in [1.54, 1.807) is 0 Å². The van der Waals surface area contributed by atoms with Crippen molar-refractivity contribution in [1.82, 2.24) is 0 Å². The molecule has 2 atom stereocenters. The Hall–Kier alpha value is -1.51. The van der Waals surface area contributed by atoms with Crippen LogP contribution in [0.1, 0.15) is 38.7 Å². The summed E-state index contributed by atoms with van der Waals surface area (Å²) in [5, 5.41) is 7.39. The molecule has 0 amide bonds. The highest BCUT2D eigenvalue weighted by molar-refractivity contribution is 5.95. The summed E-state index contributed by atoms with van der Waals surface area (Å²) in [6.45, 7) is 4.54. The molecule has 0 saturated carbocycles. The first-order chi connectivity index (χ1) is 8.13. The summed E-state index contributed by atoms with van der Waals surface area (Å²) in [6, 6.07) is 9.32. The molecule has 0 bridgehead atoms. The monoisotopic (exact) mass is 231 g/mol. The lowest BCUT2D eigenvalue weighted by Gasteiger charge is -2.30. The highest BCUT2D eigenvalue weighted by atomic mass is 15.2. The highest BCUT2D eigenvalue weighted by Gasteiger charge is 2.29. The zero-order valence-electron chi connectivity index (χ0n) is 10.6. The van der Waals surface area contributed by atoms with Crippen molar-refractivity contribution < 1.29 is 0 Å². The predicted molar refractivity (Wildman–Crippen MR) is 72.7 cm³/mol. The third-order valence-corrected chi connectivity index (χ3v) is 3.73. The Labute approximate surface area is 103 Å². The molecule has 1 aliphatic rings. The SMILES string of the molecule is CCC1CCC(C)N1c1ccc(C(=N)N)cc1. The van der Waals surface area contributed by atoms with Gasteiger partial charge in [-0.1, -0.05) is 6.92 Å². The Bertz CT molecular complexity index is 396. The first-order valence-electron chi connectivity index (χ1n) is 6.36. The van der Waals surface area contributed by atoms with Gasteiger partial charge in [0.25, 0.3) is 0 Å². The molecule has 1 aromatic rings. The second-order valence-corrected chi connectivity index (χ2v) is 4.86. The van der Waals surface area contributed by atoms with Crippen LogP contribution >= 0.6 is 0 Å². The van der Waals surface area contributed by atoms with Gasteiger partial charge in [0, 0.05) is 23.3 Å². The van der Waals surface area contributed by atoms with Crippen LogP contribution in [0.3, 0.4) is 0 Å². The van der Waals surface area contributed by atoms with Gasteiger partial charge in [0.2, 0.25) is 0 Å². The van der Waals surface area contributed by atoms with Gasteiger partial charge in [0.05, 0.1) is 0 Å². The molecule has 92 valence electrons. The average molecular weight is 231 g/mol. The smallest absolute Gasteiger partial charge is 0.122 e. The van der Waals surface area contributed by atoms with E-state index in [0.717, 1.165) is 5.56 Å². The molecule has 2 unspecified atom stereocenters. The third-order valence-electron chi connectivity index (χ3n) is 3.73. The van der Waals surface area contributed by atoms with Crippen molar-refractivity contribution >= 4 is 11.5 Å². The maximum Gasteiger partial charge on any atom is 0.122 e. The van der Waals surface area contributed by atoms with Crippen LogP contribution in [0.4, 0.5) is 5.69 Å². The summed E-state index contributed by atoms with van der Waals surface area (Å²) in [5.41, 5.74) is 7.52. The molecule has 1 fully saturated rings. The Morgan fingerprint density at radius 1 is 1.35 bits per heavy atom. The average Bonchev–Trinajstić information content (AvgIpc) is 2.70. The Kier molecular flexibility index (Phi) is 3.36. The number of nitrogens with zero attached hydrogens (tertiary/aromatic N) is 1. The van der Waals surface area contributed by atoms with Crippen molar-refractivity contribution in [3.63, 3.8) is 0 Å². The molecule has 0 spiro atoms. The topological polar surface area (TPSA) is 53.1 Å². The van der Waals surface area contributed by atoms with Crippen molar-refractivity contribution in [2.45, 2.75) is 45.2 Å². The molecule has 0 radical (unpaired) electrons. The first-order valence-corrected chi connectivity index (χ1v) is 6.36. The molecule has 1 heterocycles. The molecule has 0 aliphatic carbocycles. The molecular weight excluding hydrogens is 210 g/mol. The van der Waals surface area contributed by atoms with E-state index in [0.29, 0.717) is 12.1 Å². The van der Waals surface area contributed by atoms with Crippen LogP contribution in [0, 0.1) is 5.41 Å². The molecule has 1 saturated heterocycles. The Morgan fingerprint density at radius 2 is 2.00 bits per heavy atom. The van der Waals surface area contributed by atoms with Gasteiger partial charge in [-0.25, -0.2) is 0 Å². The standard InChI is InChI=1S/C14H21N3/c1-3-12-7-4-10(2)17(12)13-8-5-11(6-9-13)14(15)16/h5-6,8-10,12H,3-4,7H2,1-2H3,(H3,15,16). The van der Waals surface area contributed by atoms with Crippen LogP contribution < -0.4 is 10.6 Å². The lowest BCUT2D eigenvalue weighted by atomic mass is 10.1. The minimum atomic E-state index is 0.137. The minimum absolute atomic E-state index is 0.137. The lowest BCUT2D eigenvalue weighted by molar-refractivity contribution is 0.628. The predicted octanol–water partition coefficient (Wildman–Crippen LogP) is 2.74. The first kappa shape index (κ1) is 12.0. The minimum Gasteiger partial charge on any atom is -0.384 e. The van der Waals surface area contributed by atoms with Gasteiger partial charge in [-0.3, -0.25) is 5.41 Å². The molecule has 17 heavy (non-hydrogen) atoms. The van der Waals surface area contributed by atoms with Crippen molar-refractivity contribution in [3.8, 4) is 0 Å². The van der Waals surface area contributed by atoms with Crippen molar-refractivity contribution in [1.29, 1.82) is 5.41 Å². The summed E-state index contributed by atoms with van der Waals surface area (Å²) >= 11 is 0. The van der Waals surface area contributed by atoms with Gasteiger partial charge in [-0.2, -0.15) is 0 Å². The summed E-state index contributed by atoms with van der Waals surface area (Å²) in [7, 11) is 0. The van der Waals surface area contributed by atoms with Gasteiger partial charge in [-0.05, 0) is 50.5 Å². The molecule has 0 aromatic heterocycles. The number of hydrogen-bond donors (Lipinski definition) is 2. The van der Waals surface area contributed by atoms with E-state index < -0.39 is 0 Å². The van der Waals surface area contributed by atoms with Gasteiger partial charge in [0.1, 0.15) is 5.84 Å². The fraction of sp³-hybridized carbons (Fsp3) is 0.500. The van der Waals surface area contributed by atoms with E-state index in [1.165, 1.54) is 24.9 Å². The number of nitrogens with one attached hydrogen (secondary N) is 1. The molecule has 3 heteroatoms. The maximum atomic E-state index is 7.39. The second kappa shape index (κ2) is 4.78. The molecule has 2 rings (SSSR count). The Morgan fingerprint density at radius 3 is 2.53 bits per heavy atom. The van der Waals surface area contributed by atoms with E-state index in [1.807, 2.05) is 12.1 Å². The van der Waals surface area contributed by atoms with Crippen LogP contribution in [0.2, 0.25) is 0 Å². The summed E-state index contributed by atoms with van der Waals surface area (Å²) in [5.74, 6) is 0.137. The van der Waals surface area contributed by atoms with E-state index in [-0.39, 0.29) is 5.84 Å². The molecule has 1 aliphatic heterocycles. The normalized spacial score (nSPS) is 24.0. The van der Waals surface area contributed by atoms with E-state index in [9.17, 15) is 0 Å². The van der Waals surface area contributed by atoms with Crippen LogP contribution in [0.15, 0.2) is 24.3 Å². The Balaban J connectivity index is 2.24. The third kappa shape index (κ3) is 2.28. The summed E-state index contributed by atoms with van der Waals surface area (Å²) < 4.78 is 0. The van der Waals surface area contributed by atoms with E-state index in [2.05, 4.69) is 30.9 Å². The summed E-state index contributed by atoms with van der Waals surface area (Å²) in [4.78, 5) is 2.50. The highest BCUT2D eigenvalue weighted by Crippen LogP contribution is 2.31. The number of amidine groups is 1. The molecule has 1 aromatic carbocycles. The number of benzene rings is 1. The second-order valence-electron chi connectivity index (χ2n) is 4.86. The van der Waals surface area contributed by atoms with Gasteiger partial charge < -0.3 is 10.6 Å². The number of anilines is 1.